The van der Waals surface area contributed by atoms with Gasteiger partial charge in [-0.3, -0.25) is 0 Å². The van der Waals surface area contributed by atoms with E-state index in [0.717, 1.165) is 21.7 Å². The molecule has 0 fully saturated rings. The van der Waals surface area contributed by atoms with Gasteiger partial charge in [0.05, 0.1) is 33.1 Å². The normalized spacial score (nSPS) is 11.5. The highest BCUT2D eigenvalue weighted by Gasteiger charge is 2.12. The molecule has 0 atom stereocenters. The van der Waals surface area contributed by atoms with Crippen LogP contribution < -0.4 is 4.74 Å². The number of benzene rings is 1. The highest BCUT2D eigenvalue weighted by atomic mass is 35.5. The van der Waals surface area contributed by atoms with Crippen molar-refractivity contribution < 1.29 is 9.47 Å². The SMILES string of the molecule is Cc1nc2c(cc(OCCOCCCl)c3ccsc32)s1. The highest BCUT2D eigenvalue weighted by molar-refractivity contribution is 7.21. The van der Waals surface area contributed by atoms with Crippen molar-refractivity contribution in [1.82, 2.24) is 4.98 Å². The Morgan fingerprint density at radius 3 is 3.05 bits per heavy atom. The smallest absolute Gasteiger partial charge is 0.129 e. The molecule has 0 spiro atoms. The minimum atomic E-state index is 0.515. The quantitative estimate of drug-likeness (QED) is 0.495. The first-order chi connectivity index (χ1) is 9.79. The summed E-state index contributed by atoms with van der Waals surface area (Å²) >= 11 is 8.96. The summed E-state index contributed by atoms with van der Waals surface area (Å²) in [5, 5.41) is 4.29. The van der Waals surface area contributed by atoms with Crippen LogP contribution in [0, 0.1) is 6.92 Å². The third-order valence-corrected chi connectivity index (χ3v) is 4.87. The van der Waals surface area contributed by atoms with Crippen LogP contribution in [-0.4, -0.2) is 30.7 Å². The molecule has 3 nitrogen and oxygen atoms in total. The average molecular weight is 328 g/mol. The number of aryl methyl sites for hydroxylation is 1. The summed E-state index contributed by atoms with van der Waals surface area (Å²) in [5.41, 5.74) is 1.09. The monoisotopic (exact) mass is 327 g/mol. The molecule has 3 rings (SSSR count). The van der Waals surface area contributed by atoms with Crippen LogP contribution in [0.3, 0.4) is 0 Å². The Hall–Kier alpha value is -0.880. The van der Waals surface area contributed by atoms with Crippen molar-refractivity contribution in [3.63, 3.8) is 0 Å². The van der Waals surface area contributed by atoms with Gasteiger partial charge < -0.3 is 9.47 Å². The van der Waals surface area contributed by atoms with Gasteiger partial charge in [-0.1, -0.05) is 0 Å². The van der Waals surface area contributed by atoms with Crippen molar-refractivity contribution in [2.45, 2.75) is 6.92 Å². The molecule has 1 aromatic carbocycles. The predicted octanol–water partition coefficient (Wildman–Crippen LogP) is 4.45. The second kappa shape index (κ2) is 6.26. The lowest BCUT2D eigenvalue weighted by atomic mass is 10.2. The van der Waals surface area contributed by atoms with E-state index in [9.17, 15) is 0 Å². The second-order valence-corrected chi connectivity index (χ2v) is 6.80. The molecule has 0 aliphatic heterocycles. The molecule has 0 radical (unpaired) electrons. The Morgan fingerprint density at radius 2 is 2.20 bits per heavy atom. The number of halogens is 1. The summed E-state index contributed by atoms with van der Waals surface area (Å²) in [7, 11) is 0. The molecule has 0 saturated carbocycles. The molecule has 2 aromatic heterocycles. The molecule has 0 amide bonds. The molecule has 20 heavy (non-hydrogen) atoms. The molecule has 6 heteroatoms. The van der Waals surface area contributed by atoms with E-state index in [0.29, 0.717) is 25.7 Å². The van der Waals surface area contributed by atoms with Crippen molar-refractivity contribution in [2.24, 2.45) is 0 Å². The number of thiophene rings is 1. The fourth-order valence-electron chi connectivity index (χ4n) is 2.07. The van der Waals surface area contributed by atoms with Crippen LogP contribution in [0.15, 0.2) is 17.5 Å². The molecule has 106 valence electrons. The van der Waals surface area contributed by atoms with Crippen molar-refractivity contribution in [3.05, 3.63) is 22.5 Å². The Kier molecular flexibility index (Phi) is 4.41. The van der Waals surface area contributed by atoms with Gasteiger partial charge in [0.25, 0.3) is 0 Å². The molecule has 0 aliphatic rings. The first-order valence-electron chi connectivity index (χ1n) is 6.33. The maximum atomic E-state index is 5.86. The van der Waals surface area contributed by atoms with E-state index in [1.165, 1.54) is 9.40 Å². The average Bonchev–Trinajstić information content (AvgIpc) is 3.03. The van der Waals surface area contributed by atoms with Gasteiger partial charge in [-0.25, -0.2) is 4.98 Å². The number of hydrogen-bond acceptors (Lipinski definition) is 5. The van der Waals surface area contributed by atoms with Gasteiger partial charge in [0.15, 0.2) is 0 Å². The maximum absolute atomic E-state index is 5.86. The van der Waals surface area contributed by atoms with Crippen LogP contribution in [0.25, 0.3) is 20.3 Å². The Labute approximate surface area is 130 Å². The van der Waals surface area contributed by atoms with E-state index in [2.05, 4.69) is 22.5 Å². The lowest BCUT2D eigenvalue weighted by Gasteiger charge is -2.08. The molecule has 0 N–H and O–H groups in total. The fourth-order valence-corrected chi connectivity index (χ4v) is 4.02. The topological polar surface area (TPSA) is 31.4 Å². The highest BCUT2D eigenvalue weighted by Crippen LogP contribution is 2.38. The molecular weight excluding hydrogens is 314 g/mol. The second-order valence-electron chi connectivity index (χ2n) is 4.27. The van der Waals surface area contributed by atoms with Crippen LogP contribution in [-0.2, 0) is 4.74 Å². The van der Waals surface area contributed by atoms with Crippen molar-refractivity contribution in [1.29, 1.82) is 0 Å². The summed E-state index contributed by atoms with van der Waals surface area (Å²) in [6.45, 7) is 3.68. The number of rotatable bonds is 6. The number of alkyl halides is 1. The lowest BCUT2D eigenvalue weighted by Crippen LogP contribution is -2.08. The van der Waals surface area contributed by atoms with Crippen molar-refractivity contribution in [3.8, 4) is 5.75 Å². The van der Waals surface area contributed by atoms with E-state index >= 15 is 0 Å². The van der Waals surface area contributed by atoms with E-state index in [1.54, 1.807) is 22.7 Å². The largest absolute Gasteiger partial charge is 0.490 e. The van der Waals surface area contributed by atoms with E-state index in [-0.39, 0.29) is 0 Å². The first-order valence-corrected chi connectivity index (χ1v) is 8.56. The molecule has 0 saturated heterocycles. The molecule has 2 heterocycles. The van der Waals surface area contributed by atoms with Crippen LogP contribution >= 0.6 is 34.3 Å². The van der Waals surface area contributed by atoms with Crippen LogP contribution in [0.5, 0.6) is 5.75 Å². The third-order valence-electron chi connectivity index (χ3n) is 2.87. The number of nitrogens with zero attached hydrogens (tertiary/aromatic N) is 1. The first kappa shape index (κ1) is 14.1. The standard InChI is InChI=1S/C14H14ClNO2S2/c1-9-16-13-12(20-9)8-11(10-2-7-19-14(10)13)18-6-5-17-4-3-15/h2,7-8H,3-6H2,1H3. The zero-order chi connectivity index (χ0) is 13.9. The summed E-state index contributed by atoms with van der Waals surface area (Å²) in [4.78, 5) is 4.61. The van der Waals surface area contributed by atoms with E-state index in [1.807, 2.05) is 6.92 Å². The summed E-state index contributed by atoms with van der Waals surface area (Å²) in [6.07, 6.45) is 0. The van der Waals surface area contributed by atoms with Gasteiger partial charge >= 0.3 is 0 Å². The Morgan fingerprint density at radius 1 is 1.30 bits per heavy atom. The van der Waals surface area contributed by atoms with Gasteiger partial charge in [0, 0.05) is 17.3 Å². The Balaban J connectivity index is 1.86. The minimum Gasteiger partial charge on any atom is -0.490 e. The molecule has 3 aromatic rings. The van der Waals surface area contributed by atoms with E-state index in [4.69, 9.17) is 21.1 Å². The Bertz CT molecular complexity index is 722. The number of aromatic nitrogens is 1. The molecule has 0 unspecified atom stereocenters. The number of ether oxygens (including phenoxy) is 2. The van der Waals surface area contributed by atoms with Gasteiger partial charge in [-0.2, -0.15) is 0 Å². The number of hydrogen-bond donors (Lipinski definition) is 0. The maximum Gasteiger partial charge on any atom is 0.129 e. The van der Waals surface area contributed by atoms with E-state index < -0.39 is 0 Å². The van der Waals surface area contributed by atoms with Crippen LogP contribution in [0.1, 0.15) is 5.01 Å². The summed E-state index contributed by atoms with van der Waals surface area (Å²) in [6, 6.07) is 4.17. The predicted molar refractivity (Wildman–Crippen MR) is 86.8 cm³/mol. The van der Waals surface area contributed by atoms with Crippen LogP contribution in [0.2, 0.25) is 0 Å². The fraction of sp³-hybridized carbons (Fsp3) is 0.357. The number of fused-ring (bicyclic) bond motifs is 3. The third kappa shape index (κ3) is 2.76. The molecular formula is C14H14ClNO2S2. The molecule has 0 aliphatic carbocycles. The lowest BCUT2D eigenvalue weighted by molar-refractivity contribution is 0.112. The zero-order valence-corrected chi connectivity index (χ0v) is 13.4. The number of thiazole rings is 1. The van der Waals surface area contributed by atoms with Crippen molar-refractivity contribution >= 4 is 54.6 Å². The van der Waals surface area contributed by atoms with Gasteiger partial charge in [0.1, 0.15) is 12.4 Å². The zero-order valence-electron chi connectivity index (χ0n) is 11.0. The minimum absolute atomic E-state index is 0.515. The van der Waals surface area contributed by atoms with Gasteiger partial charge in [-0.15, -0.1) is 34.3 Å². The summed E-state index contributed by atoms with van der Waals surface area (Å²) < 4.78 is 13.6. The molecule has 0 bridgehead atoms. The van der Waals surface area contributed by atoms with Crippen LogP contribution in [0.4, 0.5) is 0 Å². The summed E-state index contributed by atoms with van der Waals surface area (Å²) in [5.74, 6) is 1.42. The van der Waals surface area contributed by atoms with Gasteiger partial charge in [0.2, 0.25) is 0 Å². The van der Waals surface area contributed by atoms with Crippen molar-refractivity contribution in [2.75, 3.05) is 25.7 Å². The van der Waals surface area contributed by atoms with Gasteiger partial charge in [-0.05, 0) is 18.4 Å².